The molecule has 0 bridgehead atoms. The molecule has 1 aromatic carbocycles. The quantitative estimate of drug-likeness (QED) is 0.139. The number of amides is 1. The largest absolute Gasteiger partial charge is 0.480 e. The Hall–Kier alpha value is -2.38. The average Bonchev–Trinajstić information content (AvgIpc) is 2.61. The van der Waals surface area contributed by atoms with Gasteiger partial charge in [0.05, 0.1) is 0 Å². The summed E-state index contributed by atoms with van der Waals surface area (Å²) in [5, 5.41) is 11.5. The van der Waals surface area contributed by atoms with Gasteiger partial charge in [-0.1, -0.05) is 30.3 Å². The number of guanidine groups is 1. The van der Waals surface area contributed by atoms with Gasteiger partial charge in [0, 0.05) is 12.7 Å². The minimum absolute atomic E-state index is 0.0233. The van der Waals surface area contributed by atoms with Gasteiger partial charge in [0.15, 0.2) is 5.96 Å². The number of aryl methyl sites for hydroxylation is 1. The average molecular weight is 412 g/mol. The molecule has 28 heavy (non-hydrogen) atoms. The zero-order chi connectivity index (χ0) is 21.0. The van der Waals surface area contributed by atoms with Gasteiger partial charge in [-0.15, -0.1) is 0 Å². The van der Waals surface area contributed by atoms with Crippen molar-refractivity contribution in [3.05, 3.63) is 35.9 Å². The number of aliphatic carboxylic acids is 1. The molecule has 0 aliphatic carbocycles. The normalized spacial score (nSPS) is 13.9. The number of carboxylic acid groups (broad SMARTS) is 1. The fraction of sp³-hybridized carbons (Fsp3) is 0.500. The molecule has 1 aromatic rings. The van der Waals surface area contributed by atoms with Crippen LogP contribution in [0.2, 0.25) is 0 Å². The van der Waals surface area contributed by atoms with Crippen LogP contribution in [0.1, 0.15) is 31.2 Å². The number of nitrogens with one attached hydrogen (secondary N) is 1. The number of nitrogens with zero attached hydrogens (tertiary/aromatic N) is 1. The number of carboxylic acids is 1. The molecular formula is C18H29N4O5P. The first-order chi connectivity index (χ1) is 13.2. The summed E-state index contributed by atoms with van der Waals surface area (Å²) in [7, 11) is -3.66. The van der Waals surface area contributed by atoms with Crippen LogP contribution in [-0.4, -0.2) is 52.7 Å². The summed E-state index contributed by atoms with van der Waals surface area (Å²) in [4.78, 5) is 37.0. The lowest BCUT2D eigenvalue weighted by Gasteiger charge is -2.16. The number of rotatable bonds is 13. The van der Waals surface area contributed by atoms with Crippen LogP contribution in [0.3, 0.4) is 0 Å². The lowest BCUT2D eigenvalue weighted by molar-refractivity contribution is -0.141. The lowest BCUT2D eigenvalue weighted by atomic mass is 10.1. The van der Waals surface area contributed by atoms with Crippen LogP contribution in [0.15, 0.2) is 35.3 Å². The molecule has 156 valence electrons. The SMILES string of the molecule is NC(N)=NCCC[C@H](NC(=O)CP(=O)(O)CCCCc1ccccc1)C(=O)O. The Morgan fingerprint density at radius 3 is 2.43 bits per heavy atom. The van der Waals surface area contributed by atoms with E-state index in [2.05, 4.69) is 10.3 Å². The predicted octanol–water partition coefficient (Wildman–Crippen LogP) is 0.903. The van der Waals surface area contributed by atoms with Crippen molar-refractivity contribution in [1.82, 2.24) is 5.32 Å². The van der Waals surface area contributed by atoms with Gasteiger partial charge >= 0.3 is 5.97 Å². The van der Waals surface area contributed by atoms with Crippen LogP contribution >= 0.6 is 7.37 Å². The van der Waals surface area contributed by atoms with Crippen molar-refractivity contribution in [2.75, 3.05) is 18.9 Å². The maximum Gasteiger partial charge on any atom is 0.326 e. The summed E-state index contributed by atoms with van der Waals surface area (Å²) < 4.78 is 12.2. The van der Waals surface area contributed by atoms with E-state index in [-0.39, 0.29) is 25.1 Å². The molecule has 1 unspecified atom stereocenters. The number of hydrogen-bond donors (Lipinski definition) is 5. The lowest BCUT2D eigenvalue weighted by Crippen LogP contribution is -2.42. The van der Waals surface area contributed by atoms with E-state index in [1.807, 2.05) is 30.3 Å². The highest BCUT2D eigenvalue weighted by Crippen LogP contribution is 2.41. The van der Waals surface area contributed by atoms with Crippen molar-refractivity contribution in [3.63, 3.8) is 0 Å². The molecule has 0 aliphatic heterocycles. The number of unbranched alkanes of at least 4 members (excludes halogenated alkanes) is 1. The number of benzene rings is 1. The monoisotopic (exact) mass is 412 g/mol. The van der Waals surface area contributed by atoms with E-state index in [0.29, 0.717) is 12.8 Å². The molecule has 0 aromatic heterocycles. The zero-order valence-electron chi connectivity index (χ0n) is 15.8. The van der Waals surface area contributed by atoms with Gasteiger partial charge in [0.1, 0.15) is 12.2 Å². The Balaban J connectivity index is 2.37. The zero-order valence-corrected chi connectivity index (χ0v) is 16.7. The van der Waals surface area contributed by atoms with Gasteiger partial charge in [-0.2, -0.15) is 0 Å². The number of nitrogens with two attached hydrogens (primary N) is 2. The van der Waals surface area contributed by atoms with Crippen molar-refractivity contribution >= 4 is 25.2 Å². The predicted molar refractivity (Wildman–Crippen MR) is 108 cm³/mol. The van der Waals surface area contributed by atoms with Crippen LogP contribution in [0.25, 0.3) is 0 Å². The third kappa shape index (κ3) is 10.7. The summed E-state index contributed by atoms with van der Waals surface area (Å²) in [6.07, 6.45) is 1.95. The van der Waals surface area contributed by atoms with Crippen LogP contribution in [0, 0.1) is 0 Å². The first-order valence-electron chi connectivity index (χ1n) is 9.12. The molecule has 9 nitrogen and oxygen atoms in total. The fourth-order valence-electron chi connectivity index (χ4n) is 2.64. The van der Waals surface area contributed by atoms with E-state index < -0.39 is 31.4 Å². The molecule has 2 atom stereocenters. The molecule has 10 heteroatoms. The van der Waals surface area contributed by atoms with E-state index in [9.17, 15) is 24.2 Å². The van der Waals surface area contributed by atoms with Crippen molar-refractivity contribution in [2.24, 2.45) is 16.5 Å². The fourth-order valence-corrected chi connectivity index (χ4v) is 4.05. The minimum atomic E-state index is -3.66. The van der Waals surface area contributed by atoms with E-state index >= 15 is 0 Å². The topological polar surface area (TPSA) is 168 Å². The van der Waals surface area contributed by atoms with Crippen molar-refractivity contribution in [3.8, 4) is 0 Å². The van der Waals surface area contributed by atoms with Crippen LogP contribution in [-0.2, 0) is 20.6 Å². The van der Waals surface area contributed by atoms with E-state index in [1.54, 1.807) is 0 Å². The summed E-state index contributed by atoms with van der Waals surface area (Å²) in [5.74, 6) is -2.05. The van der Waals surface area contributed by atoms with Crippen molar-refractivity contribution < 1.29 is 24.2 Å². The maximum absolute atomic E-state index is 12.2. The molecule has 0 aliphatic rings. The number of carbonyl (C=O) groups is 2. The molecular weight excluding hydrogens is 383 g/mol. The summed E-state index contributed by atoms with van der Waals surface area (Å²) >= 11 is 0. The highest BCUT2D eigenvalue weighted by Gasteiger charge is 2.26. The Morgan fingerprint density at radius 1 is 1.14 bits per heavy atom. The van der Waals surface area contributed by atoms with Crippen LogP contribution in [0.5, 0.6) is 0 Å². The van der Waals surface area contributed by atoms with E-state index in [1.165, 1.54) is 0 Å². The smallest absolute Gasteiger partial charge is 0.326 e. The Kier molecular flexibility index (Phi) is 10.3. The van der Waals surface area contributed by atoms with Crippen molar-refractivity contribution in [1.29, 1.82) is 0 Å². The Bertz CT molecular complexity index is 707. The second kappa shape index (κ2) is 12.2. The third-order valence-corrected chi connectivity index (χ3v) is 5.83. The van der Waals surface area contributed by atoms with Gasteiger partial charge < -0.3 is 26.8 Å². The molecule has 1 amide bonds. The van der Waals surface area contributed by atoms with Gasteiger partial charge in [-0.25, -0.2) is 4.79 Å². The molecule has 0 saturated carbocycles. The van der Waals surface area contributed by atoms with E-state index in [0.717, 1.165) is 18.4 Å². The third-order valence-electron chi connectivity index (χ3n) is 4.04. The first kappa shape index (κ1) is 23.7. The Morgan fingerprint density at radius 2 is 1.82 bits per heavy atom. The Labute approximate surface area is 164 Å². The van der Waals surface area contributed by atoms with Gasteiger partial charge in [-0.3, -0.25) is 14.4 Å². The summed E-state index contributed by atoms with van der Waals surface area (Å²) in [6, 6.07) is 8.63. The maximum atomic E-state index is 12.2. The minimum Gasteiger partial charge on any atom is -0.480 e. The highest BCUT2D eigenvalue weighted by molar-refractivity contribution is 7.58. The number of carbonyl (C=O) groups excluding carboxylic acids is 1. The second-order valence-electron chi connectivity index (χ2n) is 6.58. The van der Waals surface area contributed by atoms with Gasteiger partial charge in [-0.05, 0) is 37.7 Å². The molecule has 0 fully saturated rings. The van der Waals surface area contributed by atoms with E-state index in [4.69, 9.17) is 11.5 Å². The van der Waals surface area contributed by atoms with Gasteiger partial charge in [0.2, 0.25) is 13.3 Å². The highest BCUT2D eigenvalue weighted by atomic mass is 31.2. The second-order valence-corrected chi connectivity index (χ2v) is 9.03. The number of aliphatic imine (C=N–C) groups is 1. The molecule has 0 saturated heterocycles. The van der Waals surface area contributed by atoms with Crippen LogP contribution < -0.4 is 16.8 Å². The van der Waals surface area contributed by atoms with Crippen LogP contribution in [0.4, 0.5) is 0 Å². The molecule has 0 spiro atoms. The molecule has 7 N–H and O–H groups in total. The summed E-state index contributed by atoms with van der Waals surface area (Å²) in [5.41, 5.74) is 11.5. The molecule has 0 heterocycles. The summed E-state index contributed by atoms with van der Waals surface area (Å²) in [6.45, 7) is 0.238. The standard InChI is InChI=1S/C18H29N4O5P/c19-18(20)21-11-6-10-15(17(24)25)22-16(23)13-28(26,27)12-5-4-9-14-7-2-1-3-8-14/h1-3,7-8,15H,4-6,9-13H2,(H,22,23)(H,24,25)(H,26,27)(H4,19,20,21)/t15-/m0/s1. The first-order valence-corrected chi connectivity index (χ1v) is 11.1. The molecule has 1 rings (SSSR count). The molecule has 0 radical (unpaired) electrons. The van der Waals surface area contributed by atoms with Gasteiger partial charge in [0.25, 0.3) is 0 Å². The number of hydrogen-bond acceptors (Lipinski definition) is 4. The van der Waals surface area contributed by atoms with Crippen molar-refractivity contribution in [2.45, 2.75) is 38.1 Å².